The van der Waals surface area contributed by atoms with Gasteiger partial charge in [-0.2, -0.15) is 0 Å². The van der Waals surface area contributed by atoms with Gasteiger partial charge in [-0.1, -0.05) is 31.2 Å². The molecule has 3 rings (SSSR count). The van der Waals surface area contributed by atoms with E-state index in [0.717, 1.165) is 32.4 Å². The van der Waals surface area contributed by atoms with Gasteiger partial charge < -0.3 is 10.2 Å². The van der Waals surface area contributed by atoms with Crippen molar-refractivity contribution in [2.45, 2.75) is 38.5 Å². The molecule has 2 heterocycles. The normalized spacial score (nSPS) is 16.8. The molecule has 1 saturated heterocycles. The molecule has 1 aromatic heterocycles. The van der Waals surface area contributed by atoms with Gasteiger partial charge in [0.25, 0.3) is 5.91 Å². The zero-order valence-corrected chi connectivity index (χ0v) is 15.9. The predicted octanol–water partition coefficient (Wildman–Crippen LogP) is 3.17. The molecule has 0 bridgehead atoms. The first-order valence-corrected chi connectivity index (χ1v) is 9.72. The maximum atomic E-state index is 12.6. The van der Waals surface area contributed by atoms with Crippen LogP contribution >= 0.6 is 0 Å². The van der Waals surface area contributed by atoms with Crippen LogP contribution in [-0.4, -0.2) is 41.3 Å². The van der Waals surface area contributed by atoms with Crippen LogP contribution in [0.15, 0.2) is 48.8 Å². The van der Waals surface area contributed by atoms with E-state index in [4.69, 9.17) is 0 Å². The SMILES string of the molecule is CCc1ccc(C2CCCN(C(=O)CCNC(=O)c3ccncc3)C2)cc1. The maximum absolute atomic E-state index is 12.6. The number of piperidine rings is 1. The molecule has 2 aromatic rings. The van der Waals surface area contributed by atoms with E-state index >= 15 is 0 Å². The maximum Gasteiger partial charge on any atom is 0.251 e. The molecule has 5 heteroatoms. The summed E-state index contributed by atoms with van der Waals surface area (Å²) in [5, 5.41) is 2.81. The summed E-state index contributed by atoms with van der Waals surface area (Å²) in [6.45, 7) is 4.08. The fourth-order valence-electron chi connectivity index (χ4n) is 3.55. The third kappa shape index (κ3) is 5.16. The average molecular weight is 365 g/mol. The topological polar surface area (TPSA) is 62.3 Å². The number of carbonyl (C=O) groups excluding carboxylic acids is 2. The number of pyridine rings is 1. The van der Waals surface area contributed by atoms with Gasteiger partial charge in [0.15, 0.2) is 0 Å². The van der Waals surface area contributed by atoms with E-state index in [-0.39, 0.29) is 11.8 Å². The Labute approximate surface area is 160 Å². The molecule has 1 aliphatic rings. The summed E-state index contributed by atoms with van der Waals surface area (Å²) < 4.78 is 0. The van der Waals surface area contributed by atoms with Gasteiger partial charge in [0.1, 0.15) is 0 Å². The summed E-state index contributed by atoms with van der Waals surface area (Å²) >= 11 is 0. The van der Waals surface area contributed by atoms with Gasteiger partial charge in [0.2, 0.25) is 5.91 Å². The Hall–Kier alpha value is -2.69. The molecular weight excluding hydrogens is 338 g/mol. The number of carbonyl (C=O) groups is 2. The first-order chi connectivity index (χ1) is 13.2. The van der Waals surface area contributed by atoms with Crippen LogP contribution in [0.2, 0.25) is 0 Å². The lowest BCUT2D eigenvalue weighted by atomic mass is 9.90. The first kappa shape index (κ1) is 19.1. The number of aryl methyl sites for hydroxylation is 1. The summed E-state index contributed by atoms with van der Waals surface area (Å²) in [6, 6.07) is 12.1. The second-order valence-electron chi connectivity index (χ2n) is 7.02. The third-order valence-electron chi connectivity index (χ3n) is 5.20. The van der Waals surface area contributed by atoms with Crippen LogP contribution in [-0.2, 0) is 11.2 Å². The van der Waals surface area contributed by atoms with Crippen molar-refractivity contribution < 1.29 is 9.59 Å². The van der Waals surface area contributed by atoms with Crippen LogP contribution in [0.4, 0.5) is 0 Å². The van der Waals surface area contributed by atoms with E-state index in [0.29, 0.717) is 24.4 Å². The first-order valence-electron chi connectivity index (χ1n) is 9.72. The molecule has 1 aromatic carbocycles. The smallest absolute Gasteiger partial charge is 0.251 e. The van der Waals surface area contributed by atoms with Crippen LogP contribution in [0.1, 0.15) is 53.6 Å². The number of rotatable bonds is 6. The molecule has 1 N–H and O–H groups in total. The van der Waals surface area contributed by atoms with Crippen molar-refractivity contribution in [1.29, 1.82) is 0 Å². The van der Waals surface area contributed by atoms with Crippen molar-refractivity contribution >= 4 is 11.8 Å². The Bertz CT molecular complexity index is 759. The van der Waals surface area contributed by atoms with Crippen molar-refractivity contribution in [2.75, 3.05) is 19.6 Å². The molecule has 0 spiro atoms. The quantitative estimate of drug-likeness (QED) is 0.855. The highest BCUT2D eigenvalue weighted by atomic mass is 16.2. The van der Waals surface area contributed by atoms with Crippen LogP contribution in [0.5, 0.6) is 0 Å². The van der Waals surface area contributed by atoms with Gasteiger partial charge >= 0.3 is 0 Å². The van der Waals surface area contributed by atoms with Gasteiger partial charge in [-0.15, -0.1) is 0 Å². The summed E-state index contributed by atoms with van der Waals surface area (Å²) in [7, 11) is 0. The van der Waals surface area contributed by atoms with E-state index in [1.807, 2.05) is 4.90 Å². The van der Waals surface area contributed by atoms with E-state index in [9.17, 15) is 9.59 Å². The Balaban J connectivity index is 1.48. The van der Waals surface area contributed by atoms with Gasteiger partial charge in [-0.25, -0.2) is 0 Å². The van der Waals surface area contributed by atoms with E-state index in [2.05, 4.69) is 41.5 Å². The Morgan fingerprint density at radius 1 is 1.15 bits per heavy atom. The number of hydrogen-bond donors (Lipinski definition) is 1. The van der Waals surface area contributed by atoms with Gasteiger partial charge in [0.05, 0.1) is 0 Å². The van der Waals surface area contributed by atoms with Crippen LogP contribution in [0, 0.1) is 0 Å². The molecule has 0 saturated carbocycles. The Morgan fingerprint density at radius 3 is 2.59 bits per heavy atom. The minimum absolute atomic E-state index is 0.111. The van der Waals surface area contributed by atoms with Crippen molar-refractivity contribution in [3.05, 3.63) is 65.5 Å². The number of nitrogens with one attached hydrogen (secondary N) is 1. The monoisotopic (exact) mass is 365 g/mol. The number of nitrogens with zero attached hydrogens (tertiary/aromatic N) is 2. The molecule has 142 valence electrons. The van der Waals surface area contributed by atoms with E-state index < -0.39 is 0 Å². The fourth-order valence-corrected chi connectivity index (χ4v) is 3.55. The standard InChI is InChI=1S/C22H27N3O2/c1-2-17-5-7-18(8-6-17)20-4-3-15-25(16-20)21(26)11-14-24-22(27)19-9-12-23-13-10-19/h5-10,12-13,20H,2-4,11,14-16H2,1H3,(H,24,27). The van der Waals surface area contributed by atoms with Gasteiger partial charge in [-0.05, 0) is 42.5 Å². The molecule has 5 nitrogen and oxygen atoms in total. The highest BCUT2D eigenvalue weighted by molar-refractivity contribution is 5.94. The second-order valence-corrected chi connectivity index (χ2v) is 7.02. The number of aromatic nitrogens is 1. The molecule has 0 radical (unpaired) electrons. The van der Waals surface area contributed by atoms with Gasteiger partial charge in [-0.3, -0.25) is 14.6 Å². The van der Waals surface area contributed by atoms with Crippen molar-refractivity contribution in [3.63, 3.8) is 0 Å². The third-order valence-corrected chi connectivity index (χ3v) is 5.20. The fraction of sp³-hybridized carbons (Fsp3) is 0.409. The van der Waals surface area contributed by atoms with Crippen LogP contribution in [0.25, 0.3) is 0 Å². The number of benzene rings is 1. The molecule has 1 unspecified atom stereocenters. The molecule has 0 aliphatic carbocycles. The number of amides is 2. The van der Waals surface area contributed by atoms with Crippen molar-refractivity contribution in [3.8, 4) is 0 Å². The average Bonchev–Trinajstić information content (AvgIpc) is 2.74. The Kier molecular flexibility index (Phi) is 6.58. The largest absolute Gasteiger partial charge is 0.352 e. The molecular formula is C22H27N3O2. The lowest BCUT2D eigenvalue weighted by Crippen LogP contribution is -2.40. The van der Waals surface area contributed by atoms with Gasteiger partial charge in [0, 0.05) is 49.9 Å². The molecule has 1 atom stereocenters. The highest BCUT2D eigenvalue weighted by Crippen LogP contribution is 2.27. The molecule has 1 aliphatic heterocycles. The number of likely N-dealkylation sites (tertiary alicyclic amines) is 1. The molecule has 27 heavy (non-hydrogen) atoms. The second kappa shape index (κ2) is 9.31. The summed E-state index contributed by atoms with van der Waals surface area (Å²) in [5.74, 6) is 0.345. The predicted molar refractivity (Wildman–Crippen MR) is 106 cm³/mol. The number of hydrogen-bond acceptors (Lipinski definition) is 3. The zero-order chi connectivity index (χ0) is 19.1. The van der Waals surface area contributed by atoms with E-state index in [1.54, 1.807) is 24.5 Å². The van der Waals surface area contributed by atoms with Crippen LogP contribution < -0.4 is 5.32 Å². The Morgan fingerprint density at radius 2 is 1.89 bits per heavy atom. The minimum Gasteiger partial charge on any atom is -0.352 e. The van der Waals surface area contributed by atoms with Crippen molar-refractivity contribution in [1.82, 2.24) is 15.2 Å². The summed E-state index contributed by atoms with van der Waals surface area (Å²) in [4.78, 5) is 30.4. The lowest BCUT2D eigenvalue weighted by molar-refractivity contribution is -0.132. The molecule has 2 amide bonds. The summed E-state index contributed by atoms with van der Waals surface area (Å²) in [5.41, 5.74) is 3.22. The molecule has 1 fully saturated rings. The zero-order valence-electron chi connectivity index (χ0n) is 15.9. The highest BCUT2D eigenvalue weighted by Gasteiger charge is 2.24. The van der Waals surface area contributed by atoms with Crippen molar-refractivity contribution in [2.24, 2.45) is 0 Å². The van der Waals surface area contributed by atoms with Crippen LogP contribution in [0.3, 0.4) is 0 Å². The lowest BCUT2D eigenvalue weighted by Gasteiger charge is -2.33. The minimum atomic E-state index is -0.169. The van der Waals surface area contributed by atoms with E-state index in [1.165, 1.54) is 11.1 Å². The summed E-state index contributed by atoms with van der Waals surface area (Å²) in [6.07, 6.45) is 6.68.